The number of halogens is 1. The maximum atomic E-state index is 4.02. The van der Waals surface area contributed by atoms with Crippen LogP contribution in [-0.2, 0) is 6.42 Å². The predicted octanol–water partition coefficient (Wildman–Crippen LogP) is 4.07. The van der Waals surface area contributed by atoms with Gasteiger partial charge in [-0.25, -0.2) is 0 Å². The standard InChI is InChI=1S/C14H14BrN/c1-11-3-2-4-13(9-11)14(15)10-12-5-7-16-8-6-12/h2-9,14H,10H2,1H3. The average molecular weight is 276 g/mol. The first-order chi connectivity index (χ1) is 7.75. The highest BCUT2D eigenvalue weighted by Gasteiger charge is 2.08. The first-order valence-electron chi connectivity index (χ1n) is 5.35. The van der Waals surface area contributed by atoms with Crippen LogP contribution >= 0.6 is 15.9 Å². The third-order valence-corrected chi connectivity index (χ3v) is 3.42. The molecule has 1 nitrogen and oxygen atoms in total. The van der Waals surface area contributed by atoms with Gasteiger partial charge in [0.15, 0.2) is 0 Å². The van der Waals surface area contributed by atoms with Crippen LogP contribution in [0.4, 0.5) is 0 Å². The summed E-state index contributed by atoms with van der Waals surface area (Å²) in [5.74, 6) is 0. The van der Waals surface area contributed by atoms with Crippen LogP contribution in [-0.4, -0.2) is 4.98 Å². The van der Waals surface area contributed by atoms with E-state index in [0.717, 1.165) is 6.42 Å². The first-order valence-corrected chi connectivity index (χ1v) is 6.27. The first kappa shape index (κ1) is 11.3. The lowest BCUT2D eigenvalue weighted by Gasteiger charge is -2.10. The SMILES string of the molecule is Cc1cccc(C(Br)Cc2ccncc2)c1. The molecular formula is C14H14BrN. The fourth-order valence-electron chi connectivity index (χ4n) is 1.71. The number of rotatable bonds is 3. The minimum absolute atomic E-state index is 0.370. The second kappa shape index (κ2) is 5.26. The number of aromatic nitrogens is 1. The zero-order chi connectivity index (χ0) is 11.4. The van der Waals surface area contributed by atoms with E-state index in [1.165, 1.54) is 16.7 Å². The van der Waals surface area contributed by atoms with Crippen LogP contribution in [0.1, 0.15) is 21.5 Å². The third kappa shape index (κ3) is 2.92. The Morgan fingerprint density at radius 1 is 1.19 bits per heavy atom. The van der Waals surface area contributed by atoms with E-state index in [1.807, 2.05) is 12.4 Å². The molecule has 0 bridgehead atoms. The van der Waals surface area contributed by atoms with Gasteiger partial charge in [-0.1, -0.05) is 45.8 Å². The topological polar surface area (TPSA) is 12.9 Å². The van der Waals surface area contributed by atoms with Gasteiger partial charge in [0.05, 0.1) is 0 Å². The predicted molar refractivity (Wildman–Crippen MR) is 70.8 cm³/mol. The van der Waals surface area contributed by atoms with Gasteiger partial charge < -0.3 is 0 Å². The normalized spacial score (nSPS) is 12.4. The number of alkyl halides is 1. The molecule has 1 atom stereocenters. The van der Waals surface area contributed by atoms with E-state index in [2.05, 4.69) is 64.2 Å². The van der Waals surface area contributed by atoms with Crippen molar-refractivity contribution in [2.75, 3.05) is 0 Å². The van der Waals surface area contributed by atoms with Crippen molar-refractivity contribution >= 4 is 15.9 Å². The Labute approximate surface area is 105 Å². The van der Waals surface area contributed by atoms with E-state index in [1.54, 1.807) is 0 Å². The van der Waals surface area contributed by atoms with Crippen LogP contribution in [0, 0.1) is 6.92 Å². The van der Waals surface area contributed by atoms with Crippen LogP contribution in [0.25, 0.3) is 0 Å². The monoisotopic (exact) mass is 275 g/mol. The van der Waals surface area contributed by atoms with Gasteiger partial charge in [0.1, 0.15) is 0 Å². The quantitative estimate of drug-likeness (QED) is 0.770. The maximum Gasteiger partial charge on any atom is 0.0435 e. The molecule has 2 heteroatoms. The lowest BCUT2D eigenvalue weighted by Crippen LogP contribution is -1.95. The van der Waals surface area contributed by atoms with Crippen LogP contribution in [0.5, 0.6) is 0 Å². The fourth-order valence-corrected chi connectivity index (χ4v) is 2.37. The Kier molecular flexibility index (Phi) is 3.73. The zero-order valence-electron chi connectivity index (χ0n) is 9.23. The molecule has 0 amide bonds. The summed E-state index contributed by atoms with van der Waals surface area (Å²) in [7, 11) is 0. The minimum Gasteiger partial charge on any atom is -0.265 e. The minimum atomic E-state index is 0.370. The van der Waals surface area contributed by atoms with Gasteiger partial charge >= 0.3 is 0 Å². The molecule has 0 radical (unpaired) electrons. The molecule has 16 heavy (non-hydrogen) atoms. The molecule has 0 N–H and O–H groups in total. The highest BCUT2D eigenvalue weighted by Crippen LogP contribution is 2.27. The van der Waals surface area contributed by atoms with Gasteiger partial charge in [-0.15, -0.1) is 0 Å². The van der Waals surface area contributed by atoms with Gasteiger partial charge in [-0.3, -0.25) is 4.98 Å². The molecular weight excluding hydrogens is 262 g/mol. The van der Waals surface area contributed by atoms with E-state index in [9.17, 15) is 0 Å². The molecule has 0 aliphatic rings. The van der Waals surface area contributed by atoms with E-state index >= 15 is 0 Å². The van der Waals surface area contributed by atoms with Crippen molar-refractivity contribution in [3.8, 4) is 0 Å². The van der Waals surface area contributed by atoms with Crippen molar-refractivity contribution in [3.63, 3.8) is 0 Å². The molecule has 1 heterocycles. The Morgan fingerprint density at radius 2 is 1.94 bits per heavy atom. The van der Waals surface area contributed by atoms with Crippen LogP contribution in [0.3, 0.4) is 0 Å². The van der Waals surface area contributed by atoms with Crippen LogP contribution < -0.4 is 0 Å². The van der Waals surface area contributed by atoms with Crippen LogP contribution in [0.2, 0.25) is 0 Å². The number of nitrogens with zero attached hydrogens (tertiary/aromatic N) is 1. The summed E-state index contributed by atoms with van der Waals surface area (Å²) >= 11 is 3.74. The molecule has 1 aromatic heterocycles. The van der Waals surface area contributed by atoms with E-state index in [4.69, 9.17) is 0 Å². The lowest BCUT2D eigenvalue weighted by atomic mass is 10.0. The number of hydrogen-bond donors (Lipinski definition) is 0. The van der Waals surface area contributed by atoms with Gasteiger partial charge in [-0.2, -0.15) is 0 Å². The second-order valence-electron chi connectivity index (χ2n) is 3.94. The second-order valence-corrected chi connectivity index (χ2v) is 5.05. The third-order valence-electron chi connectivity index (χ3n) is 2.57. The molecule has 1 aromatic carbocycles. The Bertz CT molecular complexity index is 453. The summed E-state index contributed by atoms with van der Waals surface area (Å²) in [6.45, 7) is 2.12. The molecule has 82 valence electrons. The molecule has 0 saturated carbocycles. The summed E-state index contributed by atoms with van der Waals surface area (Å²) in [5.41, 5.74) is 3.94. The van der Waals surface area contributed by atoms with Gasteiger partial charge in [0.2, 0.25) is 0 Å². The summed E-state index contributed by atoms with van der Waals surface area (Å²) in [5, 5.41) is 0. The fraction of sp³-hybridized carbons (Fsp3) is 0.214. The molecule has 1 unspecified atom stereocenters. The summed E-state index contributed by atoms with van der Waals surface area (Å²) in [4.78, 5) is 4.39. The van der Waals surface area contributed by atoms with Crippen molar-refractivity contribution < 1.29 is 0 Å². The molecule has 0 saturated heterocycles. The molecule has 2 aromatic rings. The summed E-state index contributed by atoms with van der Waals surface area (Å²) in [6, 6.07) is 12.7. The largest absolute Gasteiger partial charge is 0.265 e. The van der Waals surface area contributed by atoms with Crippen molar-refractivity contribution in [1.29, 1.82) is 0 Å². The lowest BCUT2D eigenvalue weighted by molar-refractivity contribution is 0.942. The molecule has 0 aliphatic carbocycles. The van der Waals surface area contributed by atoms with Gasteiger partial charge in [0.25, 0.3) is 0 Å². The van der Waals surface area contributed by atoms with Gasteiger partial charge in [-0.05, 0) is 36.6 Å². The average Bonchev–Trinajstić information content (AvgIpc) is 2.30. The summed E-state index contributed by atoms with van der Waals surface area (Å²) in [6.07, 6.45) is 4.67. The molecule has 2 rings (SSSR count). The van der Waals surface area contributed by atoms with E-state index in [-0.39, 0.29) is 0 Å². The Balaban J connectivity index is 2.12. The molecule has 0 fully saturated rings. The van der Waals surface area contributed by atoms with Crippen molar-refractivity contribution in [2.45, 2.75) is 18.2 Å². The number of pyridine rings is 1. The number of aryl methyl sites for hydroxylation is 1. The van der Waals surface area contributed by atoms with Crippen molar-refractivity contribution in [1.82, 2.24) is 4.98 Å². The van der Waals surface area contributed by atoms with Crippen LogP contribution in [0.15, 0.2) is 48.8 Å². The van der Waals surface area contributed by atoms with E-state index in [0.29, 0.717) is 4.83 Å². The smallest absolute Gasteiger partial charge is 0.0435 e. The van der Waals surface area contributed by atoms with Crippen molar-refractivity contribution in [3.05, 3.63) is 65.5 Å². The van der Waals surface area contributed by atoms with Crippen molar-refractivity contribution in [2.24, 2.45) is 0 Å². The zero-order valence-corrected chi connectivity index (χ0v) is 10.8. The Morgan fingerprint density at radius 3 is 2.62 bits per heavy atom. The highest BCUT2D eigenvalue weighted by atomic mass is 79.9. The molecule has 0 aliphatic heterocycles. The number of benzene rings is 1. The number of hydrogen-bond acceptors (Lipinski definition) is 1. The Hall–Kier alpha value is -1.15. The molecule has 0 spiro atoms. The highest BCUT2D eigenvalue weighted by molar-refractivity contribution is 9.09. The maximum absolute atomic E-state index is 4.02. The summed E-state index contributed by atoms with van der Waals surface area (Å²) < 4.78 is 0. The van der Waals surface area contributed by atoms with E-state index < -0.39 is 0 Å². The van der Waals surface area contributed by atoms with Gasteiger partial charge in [0, 0.05) is 17.2 Å².